The molecule has 0 heterocycles. The summed E-state index contributed by atoms with van der Waals surface area (Å²) in [4.78, 5) is 24.1. The summed E-state index contributed by atoms with van der Waals surface area (Å²) in [6.07, 6.45) is 0. The van der Waals surface area contributed by atoms with E-state index in [0.29, 0.717) is 11.8 Å². The number of halogens is 2. The second kappa shape index (κ2) is 9.56. The van der Waals surface area contributed by atoms with Gasteiger partial charge in [0.2, 0.25) is 0 Å². The van der Waals surface area contributed by atoms with E-state index >= 15 is 0 Å². The molecule has 0 unspecified atom stereocenters. The molecule has 0 aromatic heterocycles. The molecule has 3 aromatic rings. The largest absolute Gasteiger partial charge is 0.452 e. The molecule has 0 spiro atoms. The second-order valence-corrected chi connectivity index (χ2v) is 8.55. The van der Waals surface area contributed by atoms with Gasteiger partial charge in [-0.15, -0.1) is 0 Å². The molecular formula is C22H18F2N2O5S. The third-order valence-electron chi connectivity index (χ3n) is 4.39. The van der Waals surface area contributed by atoms with Crippen LogP contribution in [0.2, 0.25) is 0 Å². The maximum atomic E-state index is 13.6. The van der Waals surface area contributed by atoms with Crippen molar-refractivity contribution in [1.29, 1.82) is 0 Å². The molecule has 3 aromatic carbocycles. The van der Waals surface area contributed by atoms with Gasteiger partial charge in [0.25, 0.3) is 15.9 Å². The van der Waals surface area contributed by atoms with Crippen molar-refractivity contribution in [2.75, 3.05) is 23.3 Å². The number of nitrogens with zero attached hydrogens (tertiary/aromatic N) is 1. The summed E-state index contributed by atoms with van der Waals surface area (Å²) in [7, 11) is -2.57. The van der Waals surface area contributed by atoms with E-state index in [1.165, 1.54) is 25.2 Å². The SMILES string of the molecule is CN(c1ccccc1)S(=O)(=O)c1cccc(C(=O)OCC(=O)Nc2ccc(F)cc2F)c1. The number of para-hydroxylation sites is 1. The molecular weight excluding hydrogens is 442 g/mol. The quantitative estimate of drug-likeness (QED) is 0.544. The molecule has 10 heteroatoms. The first-order valence-electron chi connectivity index (χ1n) is 9.24. The minimum absolute atomic E-state index is 0.0895. The van der Waals surface area contributed by atoms with E-state index in [4.69, 9.17) is 4.74 Å². The molecule has 1 N–H and O–H groups in total. The van der Waals surface area contributed by atoms with Crippen LogP contribution >= 0.6 is 0 Å². The van der Waals surface area contributed by atoms with Gasteiger partial charge in [-0.05, 0) is 42.5 Å². The standard InChI is InChI=1S/C22H18F2N2O5S/c1-26(17-7-3-2-4-8-17)32(29,30)18-9-5-6-15(12-18)22(28)31-14-21(27)25-20-11-10-16(23)13-19(20)24/h2-13H,14H2,1H3,(H,25,27). The van der Waals surface area contributed by atoms with Crippen LogP contribution in [0, 0.1) is 11.6 Å². The van der Waals surface area contributed by atoms with Crippen LogP contribution in [0.1, 0.15) is 10.4 Å². The van der Waals surface area contributed by atoms with Gasteiger partial charge in [0.05, 0.1) is 21.8 Å². The molecule has 32 heavy (non-hydrogen) atoms. The van der Waals surface area contributed by atoms with E-state index in [1.807, 2.05) is 0 Å². The number of sulfonamides is 1. The molecule has 1 amide bonds. The number of benzene rings is 3. The van der Waals surface area contributed by atoms with Gasteiger partial charge >= 0.3 is 5.97 Å². The average molecular weight is 460 g/mol. The molecule has 0 saturated carbocycles. The van der Waals surface area contributed by atoms with Gasteiger partial charge < -0.3 is 10.1 Å². The number of hydrogen-bond acceptors (Lipinski definition) is 5. The van der Waals surface area contributed by atoms with Gasteiger partial charge in [0.15, 0.2) is 6.61 Å². The Balaban J connectivity index is 1.68. The first kappa shape index (κ1) is 22.9. The van der Waals surface area contributed by atoms with Crippen molar-refractivity contribution in [3.05, 3.63) is 90.0 Å². The van der Waals surface area contributed by atoms with E-state index in [1.54, 1.807) is 30.3 Å². The van der Waals surface area contributed by atoms with Crippen molar-refractivity contribution >= 4 is 33.3 Å². The van der Waals surface area contributed by atoms with Crippen molar-refractivity contribution in [2.24, 2.45) is 0 Å². The zero-order chi connectivity index (χ0) is 23.3. The molecule has 0 aliphatic heterocycles. The Morgan fingerprint density at radius 3 is 2.38 bits per heavy atom. The lowest BCUT2D eigenvalue weighted by Crippen LogP contribution is -2.26. The second-order valence-electron chi connectivity index (χ2n) is 6.58. The number of carbonyl (C=O) groups excluding carboxylic acids is 2. The van der Waals surface area contributed by atoms with Crippen molar-refractivity contribution in [1.82, 2.24) is 0 Å². The molecule has 166 valence electrons. The fourth-order valence-electron chi connectivity index (χ4n) is 2.71. The van der Waals surface area contributed by atoms with Crippen molar-refractivity contribution < 1.29 is 31.5 Å². The molecule has 0 radical (unpaired) electrons. The molecule has 3 rings (SSSR count). The van der Waals surface area contributed by atoms with Gasteiger partial charge in [-0.25, -0.2) is 22.0 Å². The van der Waals surface area contributed by atoms with E-state index in [2.05, 4.69) is 5.32 Å². The summed E-state index contributed by atoms with van der Waals surface area (Å²) in [5.41, 5.74) is 0.0722. The van der Waals surface area contributed by atoms with E-state index in [0.717, 1.165) is 22.5 Å². The Morgan fingerprint density at radius 1 is 0.969 bits per heavy atom. The normalized spacial score (nSPS) is 11.0. The van der Waals surface area contributed by atoms with Gasteiger partial charge in [0.1, 0.15) is 11.6 Å². The minimum Gasteiger partial charge on any atom is -0.452 e. The third kappa shape index (κ3) is 5.27. The minimum atomic E-state index is -3.95. The molecule has 0 atom stereocenters. The van der Waals surface area contributed by atoms with Gasteiger partial charge in [-0.1, -0.05) is 24.3 Å². The summed E-state index contributed by atoms with van der Waals surface area (Å²) in [6, 6.07) is 16.1. The predicted octanol–water partition coefficient (Wildman–Crippen LogP) is 3.59. The number of anilines is 2. The van der Waals surface area contributed by atoms with Crippen LogP contribution in [0.5, 0.6) is 0 Å². The van der Waals surface area contributed by atoms with Crippen molar-refractivity contribution in [2.45, 2.75) is 4.90 Å². The zero-order valence-corrected chi connectivity index (χ0v) is 17.6. The lowest BCUT2D eigenvalue weighted by atomic mass is 10.2. The topological polar surface area (TPSA) is 92.8 Å². The highest BCUT2D eigenvalue weighted by molar-refractivity contribution is 7.92. The fourth-order valence-corrected chi connectivity index (χ4v) is 3.95. The van der Waals surface area contributed by atoms with Crippen LogP contribution in [0.25, 0.3) is 0 Å². The lowest BCUT2D eigenvalue weighted by Gasteiger charge is -2.19. The smallest absolute Gasteiger partial charge is 0.338 e. The summed E-state index contributed by atoms with van der Waals surface area (Å²) in [5, 5.41) is 2.15. The molecule has 7 nitrogen and oxygen atoms in total. The number of carbonyl (C=O) groups is 2. The fraction of sp³-hybridized carbons (Fsp3) is 0.0909. The van der Waals surface area contributed by atoms with Crippen LogP contribution < -0.4 is 9.62 Å². The first-order chi connectivity index (χ1) is 15.2. The summed E-state index contributed by atoms with van der Waals surface area (Å²) >= 11 is 0. The number of rotatable bonds is 7. The summed E-state index contributed by atoms with van der Waals surface area (Å²) in [5.74, 6) is -3.58. The van der Waals surface area contributed by atoms with Crippen LogP contribution in [-0.4, -0.2) is 33.9 Å². The van der Waals surface area contributed by atoms with E-state index in [-0.39, 0.29) is 16.1 Å². The number of ether oxygens (including phenoxy) is 1. The highest BCUT2D eigenvalue weighted by Gasteiger charge is 2.23. The Bertz CT molecular complexity index is 1250. The van der Waals surface area contributed by atoms with Gasteiger partial charge in [-0.2, -0.15) is 0 Å². The molecule has 0 fully saturated rings. The van der Waals surface area contributed by atoms with E-state index in [9.17, 15) is 26.8 Å². The Morgan fingerprint density at radius 2 is 1.69 bits per heavy atom. The maximum Gasteiger partial charge on any atom is 0.338 e. The third-order valence-corrected chi connectivity index (χ3v) is 6.17. The number of amides is 1. The monoisotopic (exact) mass is 460 g/mol. The highest BCUT2D eigenvalue weighted by Crippen LogP contribution is 2.22. The summed E-state index contributed by atoms with van der Waals surface area (Å²) in [6.45, 7) is -0.753. The average Bonchev–Trinajstić information content (AvgIpc) is 2.79. The van der Waals surface area contributed by atoms with Crippen molar-refractivity contribution in [3.8, 4) is 0 Å². The predicted molar refractivity (Wildman–Crippen MR) is 114 cm³/mol. The Hall–Kier alpha value is -3.79. The van der Waals surface area contributed by atoms with Crippen LogP contribution in [-0.2, 0) is 19.6 Å². The lowest BCUT2D eigenvalue weighted by molar-refractivity contribution is -0.119. The van der Waals surface area contributed by atoms with Crippen LogP contribution in [0.4, 0.5) is 20.2 Å². The van der Waals surface area contributed by atoms with Crippen LogP contribution in [0.15, 0.2) is 77.7 Å². The Labute approximate surface area is 183 Å². The van der Waals surface area contributed by atoms with Gasteiger partial charge in [-0.3, -0.25) is 9.10 Å². The van der Waals surface area contributed by atoms with Gasteiger partial charge in [0, 0.05) is 13.1 Å². The molecule has 0 saturated heterocycles. The van der Waals surface area contributed by atoms with Crippen molar-refractivity contribution in [3.63, 3.8) is 0 Å². The highest BCUT2D eigenvalue weighted by atomic mass is 32.2. The van der Waals surface area contributed by atoms with Crippen LogP contribution in [0.3, 0.4) is 0 Å². The zero-order valence-electron chi connectivity index (χ0n) is 16.8. The molecule has 0 bridgehead atoms. The number of esters is 1. The first-order valence-corrected chi connectivity index (χ1v) is 10.7. The molecule has 0 aliphatic carbocycles. The van der Waals surface area contributed by atoms with E-state index < -0.39 is 40.1 Å². The molecule has 0 aliphatic rings. The summed E-state index contributed by atoms with van der Waals surface area (Å²) < 4.78 is 58.2. The number of hydrogen-bond donors (Lipinski definition) is 1. The maximum absolute atomic E-state index is 13.6. The number of nitrogens with one attached hydrogen (secondary N) is 1. The Kier molecular flexibility index (Phi) is 6.84.